The van der Waals surface area contributed by atoms with Gasteiger partial charge < -0.3 is 15.0 Å². The van der Waals surface area contributed by atoms with E-state index in [1.165, 1.54) is 0 Å². The van der Waals surface area contributed by atoms with Crippen LogP contribution >= 0.6 is 0 Å². The van der Waals surface area contributed by atoms with Crippen molar-refractivity contribution in [3.05, 3.63) is 24.3 Å². The van der Waals surface area contributed by atoms with E-state index in [1.807, 2.05) is 43.0 Å². The zero-order valence-corrected chi connectivity index (χ0v) is 14.0. The second-order valence-electron chi connectivity index (χ2n) is 6.02. The average molecular weight is 319 g/mol. The molecular formula is C17H25N3O3. The van der Waals surface area contributed by atoms with Crippen molar-refractivity contribution in [1.29, 1.82) is 0 Å². The van der Waals surface area contributed by atoms with Crippen molar-refractivity contribution >= 4 is 17.5 Å². The zero-order valence-electron chi connectivity index (χ0n) is 14.0. The maximum atomic E-state index is 12.1. The fraction of sp³-hybridized carbons (Fsp3) is 0.529. The van der Waals surface area contributed by atoms with E-state index in [-0.39, 0.29) is 17.9 Å². The molecule has 126 valence electrons. The van der Waals surface area contributed by atoms with E-state index < -0.39 is 0 Å². The van der Waals surface area contributed by atoms with Crippen LogP contribution in [0.2, 0.25) is 0 Å². The number of amides is 2. The van der Waals surface area contributed by atoms with Crippen LogP contribution in [-0.2, 0) is 9.59 Å². The molecule has 1 heterocycles. The molecule has 1 aliphatic heterocycles. The molecule has 0 unspecified atom stereocenters. The summed E-state index contributed by atoms with van der Waals surface area (Å²) in [6, 6.07) is 7.37. The van der Waals surface area contributed by atoms with Crippen LogP contribution in [0.4, 0.5) is 5.69 Å². The number of nitrogens with zero attached hydrogens (tertiary/aromatic N) is 2. The van der Waals surface area contributed by atoms with E-state index in [0.29, 0.717) is 19.6 Å². The number of carbonyl (C=O) groups excluding carboxylic acids is 2. The van der Waals surface area contributed by atoms with Crippen LogP contribution in [-0.4, -0.2) is 60.4 Å². The lowest BCUT2D eigenvalue weighted by molar-refractivity contribution is -0.130. The number of ether oxygens (including phenoxy) is 1. The van der Waals surface area contributed by atoms with Gasteiger partial charge in [-0.3, -0.25) is 14.5 Å². The number of piperazine rings is 1. The lowest BCUT2D eigenvalue weighted by Gasteiger charge is -2.33. The molecule has 6 heteroatoms. The minimum absolute atomic E-state index is 0.0428. The third-order valence-electron chi connectivity index (χ3n) is 3.69. The largest absolute Gasteiger partial charge is 0.491 e. The first-order chi connectivity index (χ1) is 10.9. The molecule has 0 spiro atoms. The number of rotatable bonds is 5. The van der Waals surface area contributed by atoms with E-state index in [9.17, 15) is 9.59 Å². The number of carbonyl (C=O) groups is 2. The lowest BCUT2D eigenvalue weighted by Crippen LogP contribution is -2.49. The van der Waals surface area contributed by atoms with Crippen molar-refractivity contribution in [3.8, 4) is 5.75 Å². The fourth-order valence-electron chi connectivity index (χ4n) is 2.51. The summed E-state index contributed by atoms with van der Waals surface area (Å²) in [7, 11) is 0. The van der Waals surface area contributed by atoms with Crippen molar-refractivity contribution in [2.24, 2.45) is 0 Å². The molecule has 2 rings (SSSR count). The Bertz CT molecular complexity index is 535. The van der Waals surface area contributed by atoms with Gasteiger partial charge in [0, 0.05) is 38.8 Å². The molecule has 1 aromatic carbocycles. The SMILES string of the molecule is CC(=O)N1CCN(CC(=O)Nc2ccc(OC(C)C)cc2)CC1. The average Bonchev–Trinajstić information content (AvgIpc) is 2.49. The molecule has 1 fully saturated rings. The van der Waals surface area contributed by atoms with Gasteiger partial charge in [0.1, 0.15) is 5.75 Å². The summed E-state index contributed by atoms with van der Waals surface area (Å²) >= 11 is 0. The maximum Gasteiger partial charge on any atom is 0.238 e. The molecule has 0 bridgehead atoms. The van der Waals surface area contributed by atoms with Crippen LogP contribution < -0.4 is 10.1 Å². The molecule has 2 amide bonds. The summed E-state index contributed by atoms with van der Waals surface area (Å²) in [6.45, 7) is 8.70. The quantitative estimate of drug-likeness (QED) is 0.895. The minimum Gasteiger partial charge on any atom is -0.491 e. The summed E-state index contributed by atoms with van der Waals surface area (Å²) in [4.78, 5) is 27.2. The van der Waals surface area contributed by atoms with Crippen LogP contribution in [0.1, 0.15) is 20.8 Å². The van der Waals surface area contributed by atoms with Crippen molar-refractivity contribution in [1.82, 2.24) is 9.80 Å². The minimum atomic E-state index is -0.0428. The van der Waals surface area contributed by atoms with Gasteiger partial charge >= 0.3 is 0 Å². The first-order valence-electron chi connectivity index (χ1n) is 7.98. The molecule has 0 aromatic heterocycles. The predicted molar refractivity (Wildman–Crippen MR) is 89.5 cm³/mol. The van der Waals surface area contributed by atoms with Gasteiger partial charge in [-0.1, -0.05) is 0 Å². The summed E-state index contributed by atoms with van der Waals surface area (Å²) in [5.74, 6) is 0.843. The zero-order chi connectivity index (χ0) is 16.8. The Morgan fingerprint density at radius 2 is 1.74 bits per heavy atom. The molecule has 1 saturated heterocycles. The summed E-state index contributed by atoms with van der Waals surface area (Å²) in [5.41, 5.74) is 0.758. The Kier molecular flexibility index (Phi) is 5.98. The maximum absolute atomic E-state index is 12.1. The molecule has 23 heavy (non-hydrogen) atoms. The number of benzene rings is 1. The van der Waals surface area contributed by atoms with Gasteiger partial charge in [0.15, 0.2) is 0 Å². The Morgan fingerprint density at radius 3 is 2.26 bits per heavy atom. The number of hydrogen-bond acceptors (Lipinski definition) is 4. The molecule has 0 aliphatic carbocycles. The predicted octanol–water partition coefficient (Wildman–Crippen LogP) is 1.58. The molecule has 0 atom stereocenters. The summed E-state index contributed by atoms with van der Waals surface area (Å²) in [5, 5.41) is 2.89. The van der Waals surface area contributed by atoms with Crippen LogP contribution in [0.15, 0.2) is 24.3 Å². The number of hydrogen-bond donors (Lipinski definition) is 1. The van der Waals surface area contributed by atoms with E-state index in [4.69, 9.17) is 4.74 Å². The van der Waals surface area contributed by atoms with E-state index in [2.05, 4.69) is 10.2 Å². The molecule has 1 aromatic rings. The van der Waals surface area contributed by atoms with Gasteiger partial charge in [0.05, 0.1) is 12.6 Å². The van der Waals surface area contributed by atoms with Crippen molar-refractivity contribution in [3.63, 3.8) is 0 Å². The Labute approximate surface area is 137 Å². The molecule has 1 N–H and O–H groups in total. The summed E-state index contributed by atoms with van der Waals surface area (Å²) in [6.07, 6.45) is 0.129. The smallest absolute Gasteiger partial charge is 0.238 e. The van der Waals surface area contributed by atoms with E-state index in [0.717, 1.165) is 24.5 Å². The van der Waals surface area contributed by atoms with Gasteiger partial charge in [0.25, 0.3) is 0 Å². The molecule has 0 saturated carbocycles. The van der Waals surface area contributed by atoms with Crippen LogP contribution in [0.25, 0.3) is 0 Å². The Hall–Kier alpha value is -2.08. The van der Waals surface area contributed by atoms with Crippen LogP contribution in [0.3, 0.4) is 0 Å². The molecule has 0 radical (unpaired) electrons. The van der Waals surface area contributed by atoms with Crippen LogP contribution in [0.5, 0.6) is 5.75 Å². The second-order valence-corrected chi connectivity index (χ2v) is 6.02. The van der Waals surface area contributed by atoms with Gasteiger partial charge in [-0.2, -0.15) is 0 Å². The van der Waals surface area contributed by atoms with Gasteiger partial charge in [-0.25, -0.2) is 0 Å². The van der Waals surface area contributed by atoms with Gasteiger partial charge in [0.2, 0.25) is 11.8 Å². The Balaban J connectivity index is 1.78. The molecular weight excluding hydrogens is 294 g/mol. The third-order valence-corrected chi connectivity index (χ3v) is 3.69. The third kappa shape index (κ3) is 5.56. The summed E-state index contributed by atoms with van der Waals surface area (Å²) < 4.78 is 5.57. The number of anilines is 1. The van der Waals surface area contributed by atoms with Gasteiger partial charge in [-0.15, -0.1) is 0 Å². The van der Waals surface area contributed by atoms with Crippen molar-refractivity contribution in [2.45, 2.75) is 26.9 Å². The highest BCUT2D eigenvalue weighted by Gasteiger charge is 2.20. The highest BCUT2D eigenvalue weighted by molar-refractivity contribution is 5.92. The standard InChI is InChI=1S/C17H25N3O3/c1-13(2)23-16-6-4-15(5-7-16)18-17(22)12-19-8-10-20(11-9-19)14(3)21/h4-7,13H,8-12H2,1-3H3,(H,18,22). The van der Waals surface area contributed by atoms with E-state index in [1.54, 1.807) is 6.92 Å². The first-order valence-corrected chi connectivity index (χ1v) is 7.98. The highest BCUT2D eigenvalue weighted by atomic mass is 16.5. The molecule has 1 aliphatic rings. The van der Waals surface area contributed by atoms with Crippen LogP contribution in [0, 0.1) is 0 Å². The normalized spacial score (nSPS) is 15.6. The first kappa shape index (κ1) is 17.3. The Morgan fingerprint density at radius 1 is 1.13 bits per heavy atom. The lowest BCUT2D eigenvalue weighted by atomic mass is 10.3. The van der Waals surface area contributed by atoms with Gasteiger partial charge in [-0.05, 0) is 38.1 Å². The number of nitrogens with one attached hydrogen (secondary N) is 1. The van der Waals surface area contributed by atoms with E-state index >= 15 is 0 Å². The fourth-order valence-corrected chi connectivity index (χ4v) is 2.51. The van der Waals surface area contributed by atoms with Crippen molar-refractivity contribution in [2.75, 3.05) is 38.0 Å². The van der Waals surface area contributed by atoms with Crippen molar-refractivity contribution < 1.29 is 14.3 Å². The highest BCUT2D eigenvalue weighted by Crippen LogP contribution is 2.17. The monoisotopic (exact) mass is 319 g/mol. The second kappa shape index (κ2) is 7.97. The topological polar surface area (TPSA) is 61.9 Å². The molecule has 6 nitrogen and oxygen atoms in total.